The van der Waals surface area contributed by atoms with Gasteiger partial charge in [0.1, 0.15) is 17.6 Å². The molecule has 192 valence electrons. The van der Waals surface area contributed by atoms with Gasteiger partial charge in [0.25, 0.3) is 0 Å². The minimum atomic E-state index is -0.743. The molecule has 0 saturated carbocycles. The molecule has 3 rings (SSSR count). The second kappa shape index (κ2) is 12.3. The highest BCUT2D eigenvalue weighted by molar-refractivity contribution is 5.87. The number of hydrogen-bond donors (Lipinski definition) is 1. The Morgan fingerprint density at radius 3 is 2.53 bits per heavy atom. The number of aldehydes is 1. The van der Waals surface area contributed by atoms with E-state index in [2.05, 4.69) is 60.6 Å². The number of likely N-dealkylation sites (tertiary alicyclic amines) is 1. The highest BCUT2D eigenvalue weighted by Gasteiger charge is 2.45. The first-order valence-corrected chi connectivity index (χ1v) is 13.5. The maximum atomic E-state index is 13.5. The molecule has 2 fully saturated rings. The fourth-order valence-corrected chi connectivity index (χ4v) is 5.92. The summed E-state index contributed by atoms with van der Waals surface area (Å²) < 4.78 is 2.29. The van der Waals surface area contributed by atoms with E-state index in [9.17, 15) is 9.59 Å². The van der Waals surface area contributed by atoms with Crippen molar-refractivity contribution in [1.29, 1.82) is 0 Å². The van der Waals surface area contributed by atoms with Gasteiger partial charge in [0.15, 0.2) is 0 Å². The number of nitrogens with zero attached hydrogens (tertiary/aromatic N) is 4. The number of aryl methyl sites for hydroxylation is 1. The molecule has 0 unspecified atom stereocenters. The lowest BCUT2D eigenvalue weighted by molar-refractivity contribution is -0.149. The van der Waals surface area contributed by atoms with Gasteiger partial charge in [0.05, 0.1) is 6.04 Å². The predicted molar refractivity (Wildman–Crippen MR) is 137 cm³/mol. The van der Waals surface area contributed by atoms with E-state index in [0.29, 0.717) is 37.3 Å². The summed E-state index contributed by atoms with van der Waals surface area (Å²) in [6.07, 6.45) is 11.0. The van der Waals surface area contributed by atoms with Crippen molar-refractivity contribution in [3.05, 3.63) is 18.2 Å². The summed E-state index contributed by atoms with van der Waals surface area (Å²) in [6.45, 7) is 15.8. The number of aromatic nitrogens is 2. The van der Waals surface area contributed by atoms with Gasteiger partial charge >= 0.3 is 0 Å². The average Bonchev–Trinajstić information content (AvgIpc) is 3.22. The van der Waals surface area contributed by atoms with Crippen molar-refractivity contribution in [2.24, 2.45) is 17.8 Å². The summed E-state index contributed by atoms with van der Waals surface area (Å²) in [5.74, 6) is 2.70. The van der Waals surface area contributed by atoms with Crippen LogP contribution in [-0.2, 0) is 22.6 Å². The van der Waals surface area contributed by atoms with E-state index < -0.39 is 5.54 Å². The molecule has 0 spiro atoms. The Labute approximate surface area is 206 Å². The summed E-state index contributed by atoms with van der Waals surface area (Å²) in [7, 11) is 0. The van der Waals surface area contributed by atoms with Crippen molar-refractivity contribution in [1.82, 2.24) is 24.7 Å². The summed E-state index contributed by atoms with van der Waals surface area (Å²) in [4.78, 5) is 35.2. The second-order valence-electron chi connectivity index (χ2n) is 11.4. The zero-order valence-electron chi connectivity index (χ0n) is 22.1. The molecule has 2 aliphatic rings. The molecule has 7 nitrogen and oxygen atoms in total. The van der Waals surface area contributed by atoms with Gasteiger partial charge in [-0.25, -0.2) is 4.98 Å². The minimum absolute atomic E-state index is 0.102. The molecular weight excluding hydrogens is 426 g/mol. The molecular formula is C27H47N5O2. The van der Waals surface area contributed by atoms with Crippen LogP contribution >= 0.6 is 0 Å². The maximum absolute atomic E-state index is 13.5. The standard InChI is InChI=1S/C27H47N5O2/c1-6-11-31-14-9-29-25(31)17-23-7-12-30(13-8-23)19-27(20-33,18-22(4)5)32-15-10-28-24(26(32)34)16-21(2)3/h9,14,20-24,28H,6-8,10-13,15-19H2,1-5H3/t24-,27+/m0/s1. The number of piperazine rings is 1. The zero-order valence-corrected chi connectivity index (χ0v) is 22.1. The SMILES string of the molecule is CCCn1ccnc1CC1CCN(C[C@@](C=O)(CC(C)C)N2CCN[C@@H](CC(C)C)C2=O)CC1. The Morgan fingerprint density at radius 1 is 1.18 bits per heavy atom. The van der Waals surface area contributed by atoms with Crippen LogP contribution < -0.4 is 5.32 Å². The first-order valence-electron chi connectivity index (χ1n) is 13.5. The first-order chi connectivity index (χ1) is 16.3. The molecule has 2 aliphatic heterocycles. The number of carbonyl (C=O) groups is 2. The monoisotopic (exact) mass is 473 g/mol. The summed E-state index contributed by atoms with van der Waals surface area (Å²) in [5, 5.41) is 3.39. The third-order valence-electron chi connectivity index (χ3n) is 7.46. The summed E-state index contributed by atoms with van der Waals surface area (Å²) in [5.41, 5.74) is -0.743. The van der Waals surface area contributed by atoms with Crippen LogP contribution in [0.2, 0.25) is 0 Å². The van der Waals surface area contributed by atoms with E-state index in [4.69, 9.17) is 0 Å². The van der Waals surface area contributed by atoms with Crippen LogP contribution in [-0.4, -0.2) is 75.8 Å². The van der Waals surface area contributed by atoms with Gasteiger partial charge in [-0.1, -0.05) is 34.6 Å². The molecule has 2 atom stereocenters. The smallest absolute Gasteiger partial charge is 0.240 e. The van der Waals surface area contributed by atoms with E-state index in [1.54, 1.807) is 0 Å². The molecule has 7 heteroatoms. The number of piperidine rings is 1. The lowest BCUT2D eigenvalue weighted by Crippen LogP contribution is -2.67. The molecule has 1 aromatic rings. The Morgan fingerprint density at radius 2 is 1.91 bits per heavy atom. The number of amides is 1. The Hall–Kier alpha value is -1.73. The molecule has 1 N–H and O–H groups in total. The highest BCUT2D eigenvalue weighted by Crippen LogP contribution is 2.30. The second-order valence-corrected chi connectivity index (χ2v) is 11.4. The number of carbonyl (C=O) groups excluding carboxylic acids is 2. The molecule has 0 aliphatic carbocycles. The first kappa shape index (κ1) is 26.9. The van der Waals surface area contributed by atoms with Crippen LogP contribution in [0.3, 0.4) is 0 Å². The van der Waals surface area contributed by atoms with Crippen LogP contribution in [0, 0.1) is 17.8 Å². The van der Waals surface area contributed by atoms with Gasteiger partial charge in [0.2, 0.25) is 5.91 Å². The molecule has 3 heterocycles. The van der Waals surface area contributed by atoms with Crippen LogP contribution in [0.4, 0.5) is 0 Å². The van der Waals surface area contributed by atoms with Crippen molar-refractivity contribution in [2.45, 2.75) is 91.3 Å². The minimum Gasteiger partial charge on any atom is -0.335 e. The molecule has 1 aromatic heterocycles. The lowest BCUT2D eigenvalue weighted by Gasteiger charge is -2.48. The van der Waals surface area contributed by atoms with Gasteiger partial charge in [-0.3, -0.25) is 4.79 Å². The highest BCUT2D eigenvalue weighted by atomic mass is 16.2. The van der Waals surface area contributed by atoms with Gasteiger partial charge < -0.3 is 24.5 Å². The predicted octanol–water partition coefficient (Wildman–Crippen LogP) is 3.38. The lowest BCUT2D eigenvalue weighted by atomic mass is 9.84. The number of nitrogens with one attached hydrogen (secondary N) is 1. The summed E-state index contributed by atoms with van der Waals surface area (Å²) >= 11 is 0. The molecule has 0 aromatic carbocycles. The van der Waals surface area contributed by atoms with Crippen molar-refractivity contribution in [3.8, 4) is 0 Å². The van der Waals surface area contributed by atoms with Crippen LogP contribution in [0.5, 0.6) is 0 Å². The van der Waals surface area contributed by atoms with Gasteiger partial charge in [-0.05, 0) is 62.9 Å². The van der Waals surface area contributed by atoms with Crippen molar-refractivity contribution in [3.63, 3.8) is 0 Å². The molecule has 2 saturated heterocycles. The van der Waals surface area contributed by atoms with E-state index in [0.717, 1.165) is 64.6 Å². The van der Waals surface area contributed by atoms with Crippen molar-refractivity contribution in [2.75, 3.05) is 32.7 Å². The van der Waals surface area contributed by atoms with E-state index in [1.165, 1.54) is 5.82 Å². The quantitative estimate of drug-likeness (QED) is 0.471. The van der Waals surface area contributed by atoms with Crippen LogP contribution in [0.1, 0.15) is 72.5 Å². The Bertz CT molecular complexity index is 784. The zero-order chi connectivity index (χ0) is 24.7. The van der Waals surface area contributed by atoms with Crippen molar-refractivity contribution >= 4 is 12.2 Å². The molecule has 0 radical (unpaired) electrons. The molecule has 0 bridgehead atoms. The molecule has 1 amide bonds. The largest absolute Gasteiger partial charge is 0.335 e. The van der Waals surface area contributed by atoms with Crippen LogP contribution in [0.15, 0.2) is 12.4 Å². The van der Waals surface area contributed by atoms with Crippen LogP contribution in [0.25, 0.3) is 0 Å². The van der Waals surface area contributed by atoms with Crippen molar-refractivity contribution < 1.29 is 9.59 Å². The average molecular weight is 474 g/mol. The summed E-state index contributed by atoms with van der Waals surface area (Å²) in [6, 6.07) is -0.183. The topological polar surface area (TPSA) is 70.5 Å². The van der Waals surface area contributed by atoms with Gasteiger partial charge in [0, 0.05) is 45.0 Å². The Balaban J connectivity index is 1.66. The van der Waals surface area contributed by atoms with Gasteiger partial charge in [-0.15, -0.1) is 0 Å². The normalized spacial score (nSPS) is 22.5. The van der Waals surface area contributed by atoms with E-state index in [1.807, 2.05) is 11.1 Å². The third-order valence-corrected chi connectivity index (χ3v) is 7.46. The number of hydrogen-bond acceptors (Lipinski definition) is 5. The maximum Gasteiger partial charge on any atom is 0.240 e. The van der Waals surface area contributed by atoms with E-state index in [-0.39, 0.29) is 11.9 Å². The number of rotatable bonds is 12. The van der Waals surface area contributed by atoms with E-state index >= 15 is 0 Å². The third kappa shape index (κ3) is 6.69. The Kier molecular flexibility index (Phi) is 9.72. The molecule has 34 heavy (non-hydrogen) atoms. The number of imidazole rings is 1. The fraction of sp³-hybridized carbons (Fsp3) is 0.815. The van der Waals surface area contributed by atoms with Gasteiger partial charge in [-0.2, -0.15) is 0 Å². The fourth-order valence-electron chi connectivity index (χ4n) is 5.92.